The normalized spacial score (nSPS) is 22.9. The zero-order valence-electron chi connectivity index (χ0n) is 24.0. The number of carbonyl (C=O) groups excluding carboxylic acids is 1. The number of nitrogens with zero attached hydrogens (tertiary/aromatic N) is 3. The van der Waals surface area contributed by atoms with Crippen LogP contribution in [0.1, 0.15) is 54.5 Å². The lowest BCUT2D eigenvalue weighted by atomic mass is 9.85. The Balaban J connectivity index is 1.37. The van der Waals surface area contributed by atoms with Gasteiger partial charge in [0.05, 0.1) is 29.9 Å². The maximum absolute atomic E-state index is 15.1. The molecule has 2 aliphatic heterocycles. The van der Waals surface area contributed by atoms with Crippen LogP contribution in [0.3, 0.4) is 0 Å². The third-order valence-electron chi connectivity index (χ3n) is 8.24. The summed E-state index contributed by atoms with van der Waals surface area (Å²) in [6.45, 7) is 1.56. The van der Waals surface area contributed by atoms with E-state index >= 15 is 4.39 Å². The molecule has 14 heteroatoms. The predicted octanol–water partition coefficient (Wildman–Crippen LogP) is 4.18. The lowest BCUT2D eigenvalue weighted by Gasteiger charge is -2.37. The van der Waals surface area contributed by atoms with Gasteiger partial charge in [-0.15, -0.1) is 0 Å². The van der Waals surface area contributed by atoms with Crippen molar-refractivity contribution in [3.05, 3.63) is 88.2 Å². The number of benzene rings is 1. The van der Waals surface area contributed by atoms with E-state index in [0.717, 1.165) is 19.5 Å². The van der Waals surface area contributed by atoms with E-state index in [-0.39, 0.29) is 35.5 Å². The Morgan fingerprint density at radius 1 is 1.18 bits per heavy atom. The van der Waals surface area contributed by atoms with Crippen LogP contribution in [-0.4, -0.2) is 65.6 Å². The third kappa shape index (κ3) is 7.23. The molecule has 3 aromatic rings. The maximum atomic E-state index is 15.1. The molecule has 4 N–H and O–H groups in total. The van der Waals surface area contributed by atoms with Gasteiger partial charge in [0.15, 0.2) is 0 Å². The van der Waals surface area contributed by atoms with Gasteiger partial charge in [-0.1, -0.05) is 29.8 Å². The van der Waals surface area contributed by atoms with E-state index in [0.29, 0.717) is 42.1 Å². The van der Waals surface area contributed by atoms with Crippen molar-refractivity contribution in [2.75, 3.05) is 24.2 Å². The molecule has 3 unspecified atom stereocenters. The van der Waals surface area contributed by atoms with E-state index in [1.165, 1.54) is 28.8 Å². The molecule has 2 aromatic heterocycles. The van der Waals surface area contributed by atoms with E-state index in [4.69, 9.17) is 17.3 Å². The zero-order valence-corrected chi connectivity index (χ0v) is 25.6. The molecule has 5 atom stereocenters. The van der Waals surface area contributed by atoms with Gasteiger partial charge in [0.1, 0.15) is 11.5 Å². The average Bonchev–Trinajstić information content (AvgIpc) is 3.09. The van der Waals surface area contributed by atoms with E-state index in [2.05, 4.69) is 20.6 Å². The number of nitrogens with two attached hydrogens (primary N) is 1. The number of sulfonamides is 1. The molecule has 5 rings (SSSR count). The monoisotopic (exact) mass is 650 g/mol. The lowest BCUT2D eigenvalue weighted by molar-refractivity contribution is -0.117. The molecule has 2 fully saturated rings. The minimum atomic E-state index is -3.43. The van der Waals surface area contributed by atoms with Crippen LogP contribution < -0.4 is 16.4 Å². The first-order chi connectivity index (χ1) is 20.8. The highest BCUT2D eigenvalue weighted by Crippen LogP contribution is 2.32. The van der Waals surface area contributed by atoms with Crippen molar-refractivity contribution in [1.29, 1.82) is 0 Å². The van der Waals surface area contributed by atoms with Gasteiger partial charge in [-0.05, 0) is 55.0 Å². The van der Waals surface area contributed by atoms with Crippen LogP contribution in [0.2, 0.25) is 5.02 Å². The fourth-order valence-corrected chi connectivity index (χ4v) is 7.81. The molecule has 44 heavy (non-hydrogen) atoms. The highest BCUT2D eigenvalue weighted by Gasteiger charge is 2.38. The van der Waals surface area contributed by atoms with Gasteiger partial charge >= 0.3 is 0 Å². The predicted molar refractivity (Wildman–Crippen MR) is 162 cm³/mol. The Hall–Kier alpha value is -3.10. The van der Waals surface area contributed by atoms with Crippen LogP contribution >= 0.6 is 11.6 Å². The number of hydrogen-bond acceptors (Lipinski definition) is 7. The summed E-state index contributed by atoms with van der Waals surface area (Å²) in [7, 11) is -3.43. The fourth-order valence-electron chi connectivity index (χ4n) is 5.87. The molecule has 0 aliphatic carbocycles. The summed E-state index contributed by atoms with van der Waals surface area (Å²) >= 11 is 6.06. The summed E-state index contributed by atoms with van der Waals surface area (Å²) < 4.78 is 70.0. The Labute approximate surface area is 259 Å². The molecule has 0 spiro atoms. The van der Waals surface area contributed by atoms with Crippen molar-refractivity contribution in [1.82, 2.24) is 19.6 Å². The lowest BCUT2D eigenvalue weighted by Crippen LogP contribution is -2.57. The van der Waals surface area contributed by atoms with Crippen molar-refractivity contribution in [3.8, 4) is 0 Å². The number of anilines is 1. The molecular weight excluding hydrogens is 617 g/mol. The average molecular weight is 651 g/mol. The molecule has 9 nitrogen and oxygen atoms in total. The molecule has 0 radical (unpaired) electrons. The molecule has 0 saturated carbocycles. The van der Waals surface area contributed by atoms with Crippen LogP contribution in [0.4, 0.5) is 18.9 Å². The Kier molecular flexibility index (Phi) is 9.61. The van der Waals surface area contributed by atoms with Gasteiger partial charge in [-0.25, -0.2) is 12.8 Å². The summed E-state index contributed by atoms with van der Waals surface area (Å²) in [5, 5.41) is 6.55. The number of alkyl halides is 2. The maximum Gasteiger partial charge on any atom is 0.286 e. The second-order valence-electron chi connectivity index (χ2n) is 11.4. The number of pyridine rings is 2. The fraction of sp³-hybridized carbons (Fsp3) is 0.433. The summed E-state index contributed by atoms with van der Waals surface area (Å²) in [6, 6.07) is 7.71. The molecule has 2 aliphatic rings. The minimum Gasteiger partial charge on any atom is -0.323 e. The molecule has 236 valence electrons. The Morgan fingerprint density at radius 2 is 1.91 bits per heavy atom. The van der Waals surface area contributed by atoms with Crippen molar-refractivity contribution < 1.29 is 26.4 Å². The smallest absolute Gasteiger partial charge is 0.286 e. The first kappa shape index (κ1) is 32.3. The van der Waals surface area contributed by atoms with Crippen LogP contribution in [0.15, 0.2) is 55.0 Å². The summed E-state index contributed by atoms with van der Waals surface area (Å²) in [5.41, 5.74) is 7.37. The van der Waals surface area contributed by atoms with Gasteiger partial charge in [0, 0.05) is 54.8 Å². The highest BCUT2D eigenvalue weighted by atomic mass is 35.5. The molecular formula is C30H34ClF3N6O3S. The standard InChI is InChI=1S/C30H34ClF3N6O3S/c1-30(33,34)26-11-6-19(13-38-26)27(18-4-7-20(31)8-5-18)28(35)29(41)39-25-16-36-15-24(32)23(25)10-9-22-14-37-21-3-2-12-44(42,43)40(22)17-21/h4-8,11,13,15-16,21-22,27-28,37H,2-3,9-10,12,14,17,35H2,1H3,(H,39,41)/t21-,22+,27?,28?/m1/s1. The van der Waals surface area contributed by atoms with Gasteiger partial charge in [0.2, 0.25) is 15.9 Å². The second kappa shape index (κ2) is 13.1. The van der Waals surface area contributed by atoms with Gasteiger partial charge < -0.3 is 16.4 Å². The zero-order chi connectivity index (χ0) is 31.6. The van der Waals surface area contributed by atoms with Crippen LogP contribution in [0.5, 0.6) is 0 Å². The van der Waals surface area contributed by atoms with Crippen LogP contribution in [0.25, 0.3) is 0 Å². The first-order valence-corrected chi connectivity index (χ1v) is 16.3. The van der Waals surface area contributed by atoms with Crippen molar-refractivity contribution in [2.24, 2.45) is 5.73 Å². The molecule has 1 amide bonds. The number of fused-ring (bicyclic) bond motifs is 2. The minimum absolute atomic E-state index is 0.0817. The van der Waals surface area contributed by atoms with Crippen molar-refractivity contribution in [2.45, 2.75) is 62.6 Å². The number of nitrogens with one attached hydrogen (secondary N) is 2. The number of rotatable bonds is 9. The number of piperazine rings is 1. The van der Waals surface area contributed by atoms with E-state index in [9.17, 15) is 22.0 Å². The van der Waals surface area contributed by atoms with Gasteiger partial charge in [0.25, 0.3) is 5.92 Å². The largest absolute Gasteiger partial charge is 0.323 e. The SMILES string of the molecule is CC(F)(F)c1ccc(C(c2ccc(Cl)cc2)C(N)C(=O)Nc2cncc(F)c2CC[C@H]2CN[C@@H]3CCCS(=O)(=O)N2C3)cn1. The topological polar surface area (TPSA) is 130 Å². The van der Waals surface area contributed by atoms with Gasteiger partial charge in [-0.2, -0.15) is 13.1 Å². The first-order valence-electron chi connectivity index (χ1n) is 14.3. The second-order valence-corrected chi connectivity index (χ2v) is 13.9. The molecule has 4 heterocycles. The third-order valence-corrected chi connectivity index (χ3v) is 10.5. The van der Waals surface area contributed by atoms with Crippen LogP contribution in [0, 0.1) is 5.82 Å². The number of aromatic nitrogens is 2. The quantitative estimate of drug-likeness (QED) is 0.317. The summed E-state index contributed by atoms with van der Waals surface area (Å²) in [4.78, 5) is 21.4. The number of amides is 1. The molecule has 2 bridgehead atoms. The number of hydrogen-bond donors (Lipinski definition) is 3. The summed E-state index contributed by atoms with van der Waals surface area (Å²) in [6.07, 6.45) is 5.44. The molecule has 2 saturated heterocycles. The van der Waals surface area contributed by atoms with Crippen molar-refractivity contribution >= 4 is 33.2 Å². The van der Waals surface area contributed by atoms with Gasteiger partial charge in [-0.3, -0.25) is 14.8 Å². The summed E-state index contributed by atoms with van der Waals surface area (Å²) in [5.74, 6) is -5.19. The number of carbonyl (C=O) groups is 1. The van der Waals surface area contributed by atoms with E-state index in [1.807, 2.05) is 0 Å². The van der Waals surface area contributed by atoms with E-state index in [1.54, 1.807) is 24.3 Å². The van der Waals surface area contributed by atoms with E-state index < -0.39 is 45.3 Å². The highest BCUT2D eigenvalue weighted by molar-refractivity contribution is 7.89. The number of halogens is 4. The Bertz CT molecular complexity index is 1590. The van der Waals surface area contributed by atoms with Crippen LogP contribution in [-0.2, 0) is 27.2 Å². The Morgan fingerprint density at radius 3 is 2.59 bits per heavy atom. The molecule has 1 aromatic carbocycles. The van der Waals surface area contributed by atoms with Crippen molar-refractivity contribution in [3.63, 3.8) is 0 Å².